The molecule has 0 radical (unpaired) electrons. The third kappa shape index (κ3) is 14.2. The first-order chi connectivity index (χ1) is 66.4. The lowest BCUT2D eigenvalue weighted by atomic mass is 9.99. The van der Waals surface area contributed by atoms with Gasteiger partial charge in [0.2, 0.25) is 0 Å². The summed E-state index contributed by atoms with van der Waals surface area (Å²) in [4.78, 5) is 13.8. The topological polar surface area (TPSA) is 60.3 Å². The molecule has 10 nitrogen and oxygen atoms in total. The molecule has 0 saturated heterocycles. The van der Waals surface area contributed by atoms with Crippen molar-refractivity contribution in [3.8, 4) is 45.6 Å². The molecule has 3 aromatic heterocycles. The van der Waals surface area contributed by atoms with Crippen LogP contribution in [0.15, 0.2) is 490 Å². The molecule has 0 N–H and O–H groups in total. The van der Waals surface area contributed by atoms with Gasteiger partial charge in [0.25, 0.3) is 0 Å². The number of para-hydroxylation sites is 11. The van der Waals surface area contributed by atoms with Crippen molar-refractivity contribution in [2.75, 3.05) is 29.4 Å². The molecule has 6 heterocycles. The number of thiophene rings is 2. The summed E-state index contributed by atoms with van der Waals surface area (Å²) in [6.45, 7) is 0. The van der Waals surface area contributed by atoms with Crippen molar-refractivity contribution in [3.63, 3.8) is 0 Å². The standard InChI is InChI=1S/C44H28N2O2.C42H28N2OS.C36H24N2OS/c1-2-13-30(14-3-1)45(40-26-29-12-4-5-15-33(29)34-16-6-7-17-35(34)40)31-23-25-39-44(28-31)48-42-21-11-9-19-38(42)46(39)32-22-24-37-36-18-8-10-20-41(36)47-43(37)27-32;1-3-11-29(12-4-1)30-19-21-32(22-20-30)43(31-13-5-2-6-14-31)33-24-26-38-40(27-33)45-39-17-9-8-16-37(39)44(38)34-23-25-36-35-15-7-10-18-41(35)46-42(36)28-34;1-3-11-25(12-4-1)37(26-13-5-2-6-14-26)27-20-22-32-34(23-27)39-33-17-9-8-16-31(33)38(32)28-19-21-30-29-15-7-10-18-35(29)40-36(30)24-28/h1-28H;1-28H;1-24H. The molecule has 0 spiro atoms. The van der Waals surface area contributed by atoms with Crippen molar-refractivity contribution in [2.45, 2.75) is 0 Å². The van der Waals surface area contributed by atoms with E-state index in [9.17, 15) is 0 Å². The van der Waals surface area contributed by atoms with Crippen molar-refractivity contribution in [3.05, 3.63) is 485 Å². The zero-order valence-corrected chi connectivity index (χ0v) is 74.0. The van der Waals surface area contributed by atoms with Gasteiger partial charge in [-0.15, -0.1) is 22.7 Å². The van der Waals surface area contributed by atoms with Crippen LogP contribution in [0.3, 0.4) is 0 Å². The Bertz CT molecular complexity index is 8570. The highest BCUT2D eigenvalue weighted by Crippen LogP contribution is 2.58. The van der Waals surface area contributed by atoms with Gasteiger partial charge in [-0.2, -0.15) is 0 Å². The second-order valence-electron chi connectivity index (χ2n) is 33.4. The van der Waals surface area contributed by atoms with Gasteiger partial charge in [-0.1, -0.05) is 267 Å². The predicted molar refractivity (Wildman–Crippen MR) is 561 cm³/mol. The van der Waals surface area contributed by atoms with Crippen LogP contribution in [0.25, 0.3) is 95.0 Å². The summed E-state index contributed by atoms with van der Waals surface area (Å²) >= 11 is 3.68. The summed E-state index contributed by atoms with van der Waals surface area (Å²) < 4.78 is 31.4. The van der Waals surface area contributed by atoms with Gasteiger partial charge in [0.1, 0.15) is 11.2 Å². The van der Waals surface area contributed by atoms with Crippen LogP contribution in [-0.2, 0) is 0 Å². The first-order valence-corrected chi connectivity index (χ1v) is 46.6. The van der Waals surface area contributed by atoms with Crippen LogP contribution in [0, 0.1) is 0 Å². The van der Waals surface area contributed by atoms with Crippen molar-refractivity contribution < 1.29 is 18.6 Å². The Kier molecular flexibility index (Phi) is 19.7. The second kappa shape index (κ2) is 33.6. The van der Waals surface area contributed by atoms with E-state index in [1.165, 1.54) is 73.0 Å². The lowest BCUT2D eigenvalue weighted by molar-refractivity contribution is 0.477. The van der Waals surface area contributed by atoms with Gasteiger partial charge in [-0.3, -0.25) is 0 Å². The molecule has 134 heavy (non-hydrogen) atoms. The van der Waals surface area contributed by atoms with E-state index in [0.717, 1.165) is 159 Å². The largest absolute Gasteiger partial charge is 0.456 e. The molecular formula is C122H80N6O4S2. The first-order valence-electron chi connectivity index (χ1n) is 45.0. The van der Waals surface area contributed by atoms with Crippen LogP contribution >= 0.6 is 22.7 Å². The molecule has 0 amide bonds. The number of rotatable bonds is 13. The Morgan fingerprint density at radius 3 is 0.978 bits per heavy atom. The molecule has 634 valence electrons. The number of fused-ring (bicyclic) bond motifs is 18. The maximum atomic E-state index is 6.69. The Morgan fingerprint density at radius 1 is 0.179 bits per heavy atom. The minimum atomic E-state index is 0.780. The summed E-state index contributed by atoms with van der Waals surface area (Å²) in [5.74, 6) is 4.90. The third-order valence-electron chi connectivity index (χ3n) is 25.4. The molecule has 3 aliphatic rings. The van der Waals surface area contributed by atoms with Gasteiger partial charge in [0.15, 0.2) is 34.5 Å². The summed E-state index contributed by atoms with van der Waals surface area (Å²) in [6, 6.07) is 171. The van der Waals surface area contributed by atoms with E-state index in [1.807, 2.05) is 83.3 Å². The smallest absolute Gasteiger partial charge is 0.153 e. The van der Waals surface area contributed by atoms with Gasteiger partial charge in [0, 0.05) is 132 Å². The minimum absolute atomic E-state index is 0.780. The van der Waals surface area contributed by atoms with Crippen LogP contribution in [-0.4, -0.2) is 0 Å². The van der Waals surface area contributed by atoms with Crippen LogP contribution in [0.4, 0.5) is 102 Å². The number of hydrogen-bond donors (Lipinski definition) is 0. The normalized spacial score (nSPS) is 12.2. The molecule has 0 unspecified atom stereocenters. The lowest BCUT2D eigenvalue weighted by Gasteiger charge is -2.34. The molecule has 0 atom stereocenters. The molecule has 0 bridgehead atoms. The van der Waals surface area contributed by atoms with Gasteiger partial charge >= 0.3 is 0 Å². The SMILES string of the molecule is c1ccc(-c2ccc(N(c3ccccc3)c3ccc4c(c3)Oc3ccccc3N4c3ccc4c(c3)sc3ccccc34)cc2)cc1.c1ccc(N(c2ccc3c(c2)Oc2ccccc2N3c2ccc3c(c2)oc2ccccc23)c2cc3ccccc3c3ccccc23)cc1.c1ccc(N(c2ccccc2)c2ccc3c(c2)Oc2ccccc2N3c2ccc3c(c2)sc2ccccc23)cc1. The average molecular weight is 1760 g/mol. The minimum Gasteiger partial charge on any atom is -0.456 e. The quantitative estimate of drug-likeness (QED) is 0.104. The van der Waals surface area contributed by atoms with Gasteiger partial charge in [-0.25, -0.2) is 0 Å². The van der Waals surface area contributed by atoms with Gasteiger partial charge in [0.05, 0.1) is 51.2 Å². The van der Waals surface area contributed by atoms with Crippen LogP contribution < -0.4 is 43.6 Å². The third-order valence-corrected chi connectivity index (χ3v) is 27.7. The fourth-order valence-corrected chi connectivity index (χ4v) is 21.6. The maximum Gasteiger partial charge on any atom is 0.153 e. The Morgan fingerprint density at radius 2 is 0.500 bits per heavy atom. The highest BCUT2D eigenvalue weighted by Gasteiger charge is 2.33. The zero-order valence-electron chi connectivity index (χ0n) is 72.3. The first kappa shape index (κ1) is 78.8. The molecule has 0 saturated carbocycles. The number of anilines is 18. The Balaban J connectivity index is 0.000000108. The van der Waals surface area contributed by atoms with Crippen molar-refractivity contribution in [2.24, 2.45) is 0 Å². The van der Waals surface area contributed by atoms with Crippen molar-refractivity contribution in [1.29, 1.82) is 0 Å². The highest BCUT2D eigenvalue weighted by atomic mass is 32.1. The fraction of sp³-hybridized carbons (Fsp3) is 0. The number of hydrogen-bond acceptors (Lipinski definition) is 12. The van der Waals surface area contributed by atoms with E-state index in [1.54, 1.807) is 0 Å². The maximum absolute atomic E-state index is 6.69. The number of furan rings is 1. The highest BCUT2D eigenvalue weighted by molar-refractivity contribution is 7.26. The summed E-state index contributed by atoms with van der Waals surface area (Å²) in [5, 5.41) is 12.3. The molecule has 24 aromatic rings. The lowest BCUT2D eigenvalue weighted by Crippen LogP contribution is -2.17. The summed E-state index contributed by atoms with van der Waals surface area (Å²) in [6.07, 6.45) is 0. The summed E-state index contributed by atoms with van der Waals surface area (Å²) in [7, 11) is 0. The number of benzene rings is 21. The molecule has 12 heteroatoms. The zero-order chi connectivity index (χ0) is 88.5. The predicted octanol–water partition coefficient (Wildman–Crippen LogP) is 36.8. The number of ether oxygens (including phenoxy) is 3. The molecule has 21 aromatic carbocycles. The van der Waals surface area contributed by atoms with E-state index in [-0.39, 0.29) is 0 Å². The van der Waals surface area contributed by atoms with E-state index < -0.39 is 0 Å². The molecule has 0 aliphatic carbocycles. The molecule has 0 fully saturated rings. The second-order valence-corrected chi connectivity index (χ2v) is 35.6. The van der Waals surface area contributed by atoms with Crippen LogP contribution in [0.1, 0.15) is 0 Å². The fourth-order valence-electron chi connectivity index (χ4n) is 19.3. The number of nitrogens with zero attached hydrogens (tertiary/aromatic N) is 6. The monoisotopic (exact) mass is 1760 g/mol. The van der Waals surface area contributed by atoms with E-state index in [4.69, 9.17) is 18.6 Å². The van der Waals surface area contributed by atoms with Crippen molar-refractivity contribution >= 4 is 209 Å². The molecular weight excluding hydrogens is 1680 g/mol. The van der Waals surface area contributed by atoms with E-state index >= 15 is 0 Å². The van der Waals surface area contributed by atoms with Gasteiger partial charge in [-0.05, 0) is 221 Å². The average Bonchev–Trinajstić information content (AvgIpc) is 1.04. The molecule has 3 aliphatic heterocycles. The Hall–Kier alpha value is -17.4. The van der Waals surface area contributed by atoms with Crippen LogP contribution in [0.2, 0.25) is 0 Å². The van der Waals surface area contributed by atoms with E-state index in [0.29, 0.717) is 0 Å². The molecule has 27 rings (SSSR count). The van der Waals surface area contributed by atoms with Gasteiger partial charge < -0.3 is 48.0 Å². The van der Waals surface area contributed by atoms with Crippen LogP contribution in [0.5, 0.6) is 34.5 Å². The summed E-state index contributed by atoms with van der Waals surface area (Å²) in [5.41, 5.74) is 23.0. The van der Waals surface area contributed by atoms with E-state index in [2.05, 4.69) is 454 Å². The van der Waals surface area contributed by atoms with Crippen molar-refractivity contribution in [1.82, 2.24) is 0 Å². The Labute approximate surface area is 782 Å².